The molecule has 1 amide bonds. The molecule has 0 bridgehead atoms. The van der Waals surface area contributed by atoms with Crippen LogP contribution >= 0.6 is 11.6 Å². The topological polar surface area (TPSA) is 47.6 Å². The summed E-state index contributed by atoms with van der Waals surface area (Å²) >= 11 is 6.07. The average molecular weight is 362 g/mol. The van der Waals surface area contributed by atoms with E-state index in [0.717, 1.165) is 11.3 Å². The van der Waals surface area contributed by atoms with E-state index in [9.17, 15) is 4.79 Å². The maximum atomic E-state index is 12.3. The highest BCUT2D eigenvalue weighted by atomic mass is 35.5. The second-order valence-corrected chi connectivity index (χ2v) is 6.26. The van der Waals surface area contributed by atoms with E-state index in [1.807, 2.05) is 45.0 Å². The third kappa shape index (κ3) is 5.68. The van der Waals surface area contributed by atoms with Crippen molar-refractivity contribution in [3.8, 4) is 11.5 Å². The minimum absolute atomic E-state index is 0.174. The molecular formula is C20H24ClNO3. The molecule has 0 saturated carbocycles. The van der Waals surface area contributed by atoms with Gasteiger partial charge in [0, 0.05) is 0 Å². The molecule has 0 aliphatic rings. The van der Waals surface area contributed by atoms with Gasteiger partial charge in [-0.15, -0.1) is 0 Å². The molecule has 0 fully saturated rings. The number of para-hydroxylation sites is 1. The molecule has 0 radical (unpaired) electrons. The first-order valence-corrected chi connectivity index (χ1v) is 8.78. The highest BCUT2D eigenvalue weighted by Gasteiger charge is 2.19. The van der Waals surface area contributed by atoms with Gasteiger partial charge in [-0.1, -0.05) is 48.4 Å². The van der Waals surface area contributed by atoms with Crippen LogP contribution < -0.4 is 14.8 Å². The number of halogens is 1. The van der Waals surface area contributed by atoms with Crippen molar-refractivity contribution in [2.45, 2.75) is 33.3 Å². The summed E-state index contributed by atoms with van der Waals surface area (Å²) in [5.74, 6) is 1.17. The van der Waals surface area contributed by atoms with Crippen LogP contribution in [0.5, 0.6) is 11.5 Å². The number of nitrogens with one attached hydrogen (secondary N) is 1. The Morgan fingerprint density at radius 3 is 2.60 bits per heavy atom. The van der Waals surface area contributed by atoms with Crippen molar-refractivity contribution in [2.75, 3.05) is 13.2 Å². The number of hydrogen-bond acceptors (Lipinski definition) is 3. The fourth-order valence-corrected chi connectivity index (χ4v) is 2.61. The molecule has 0 aliphatic carbocycles. The Hall–Kier alpha value is -2.20. The third-order valence-electron chi connectivity index (χ3n) is 3.76. The monoisotopic (exact) mass is 361 g/mol. The van der Waals surface area contributed by atoms with Gasteiger partial charge in [0.1, 0.15) is 18.1 Å². The predicted octanol–water partition coefficient (Wildman–Crippen LogP) is 4.31. The van der Waals surface area contributed by atoms with Crippen LogP contribution in [0.2, 0.25) is 5.02 Å². The predicted molar refractivity (Wildman–Crippen MR) is 101 cm³/mol. The Morgan fingerprint density at radius 1 is 1.16 bits per heavy atom. The SMILES string of the molecule is CC[C@H](Oc1ccccc1Cl)C(=O)NCCOc1ccc(C)cc1C. The van der Waals surface area contributed by atoms with Crippen molar-refractivity contribution in [3.63, 3.8) is 0 Å². The number of carbonyl (C=O) groups is 1. The van der Waals surface area contributed by atoms with E-state index in [4.69, 9.17) is 21.1 Å². The molecule has 2 aromatic rings. The number of hydrogen-bond donors (Lipinski definition) is 1. The van der Waals surface area contributed by atoms with Gasteiger partial charge >= 0.3 is 0 Å². The van der Waals surface area contributed by atoms with Crippen LogP contribution in [0.15, 0.2) is 42.5 Å². The summed E-state index contributed by atoms with van der Waals surface area (Å²) in [6.07, 6.45) is -0.0318. The van der Waals surface area contributed by atoms with Crippen molar-refractivity contribution in [2.24, 2.45) is 0 Å². The molecule has 2 aromatic carbocycles. The van der Waals surface area contributed by atoms with E-state index in [-0.39, 0.29) is 5.91 Å². The van der Waals surface area contributed by atoms with Gasteiger partial charge < -0.3 is 14.8 Å². The molecule has 0 saturated heterocycles. The Balaban J connectivity index is 1.81. The van der Waals surface area contributed by atoms with Crippen LogP contribution in [-0.4, -0.2) is 25.2 Å². The van der Waals surface area contributed by atoms with E-state index in [0.29, 0.717) is 30.3 Å². The van der Waals surface area contributed by atoms with E-state index in [1.54, 1.807) is 12.1 Å². The van der Waals surface area contributed by atoms with Crippen LogP contribution in [-0.2, 0) is 4.79 Å². The molecule has 0 aromatic heterocycles. The normalized spacial score (nSPS) is 11.7. The number of amides is 1. The highest BCUT2D eigenvalue weighted by Crippen LogP contribution is 2.24. The van der Waals surface area contributed by atoms with Crippen LogP contribution in [0.4, 0.5) is 0 Å². The molecule has 134 valence electrons. The van der Waals surface area contributed by atoms with Crippen molar-refractivity contribution in [1.29, 1.82) is 0 Å². The average Bonchev–Trinajstić information content (AvgIpc) is 2.59. The number of rotatable bonds is 8. The largest absolute Gasteiger partial charge is 0.491 e. The molecule has 4 nitrogen and oxygen atoms in total. The molecular weight excluding hydrogens is 338 g/mol. The lowest BCUT2D eigenvalue weighted by Gasteiger charge is -2.18. The summed E-state index contributed by atoms with van der Waals surface area (Å²) in [5, 5.41) is 3.33. The molecule has 0 heterocycles. The Labute approximate surface area is 154 Å². The summed E-state index contributed by atoms with van der Waals surface area (Å²) in [5.41, 5.74) is 2.28. The molecule has 0 spiro atoms. The zero-order chi connectivity index (χ0) is 18.2. The molecule has 1 atom stereocenters. The quantitative estimate of drug-likeness (QED) is 0.713. The lowest BCUT2D eigenvalue weighted by Crippen LogP contribution is -2.39. The Bertz CT molecular complexity index is 718. The minimum Gasteiger partial charge on any atom is -0.491 e. The first-order chi connectivity index (χ1) is 12.0. The van der Waals surface area contributed by atoms with Crippen LogP contribution in [0.25, 0.3) is 0 Å². The van der Waals surface area contributed by atoms with E-state index < -0.39 is 6.10 Å². The van der Waals surface area contributed by atoms with Crippen molar-refractivity contribution in [3.05, 3.63) is 58.6 Å². The van der Waals surface area contributed by atoms with Crippen LogP contribution in [0, 0.1) is 13.8 Å². The molecule has 2 rings (SSSR count). The number of aryl methyl sites for hydroxylation is 2. The van der Waals surface area contributed by atoms with Gasteiger partial charge in [-0.25, -0.2) is 0 Å². The van der Waals surface area contributed by atoms with E-state index in [1.165, 1.54) is 5.56 Å². The molecule has 1 N–H and O–H groups in total. The van der Waals surface area contributed by atoms with E-state index >= 15 is 0 Å². The second-order valence-electron chi connectivity index (χ2n) is 5.85. The van der Waals surface area contributed by atoms with Gasteiger partial charge in [-0.3, -0.25) is 4.79 Å². The van der Waals surface area contributed by atoms with Crippen molar-refractivity contribution >= 4 is 17.5 Å². The zero-order valence-corrected chi connectivity index (χ0v) is 15.6. The zero-order valence-electron chi connectivity index (χ0n) is 14.8. The minimum atomic E-state index is -0.582. The standard InChI is InChI=1S/C20H24ClNO3/c1-4-17(25-19-8-6-5-7-16(19)21)20(23)22-11-12-24-18-10-9-14(2)13-15(18)3/h5-10,13,17H,4,11-12H2,1-3H3,(H,22,23)/t17-/m0/s1. The van der Waals surface area contributed by atoms with Crippen LogP contribution in [0.1, 0.15) is 24.5 Å². The summed E-state index contributed by atoms with van der Waals surface area (Å²) in [7, 11) is 0. The van der Waals surface area contributed by atoms with Gasteiger partial charge in [0.15, 0.2) is 6.10 Å². The van der Waals surface area contributed by atoms with Gasteiger partial charge in [-0.2, -0.15) is 0 Å². The summed E-state index contributed by atoms with van der Waals surface area (Å²) in [4.78, 5) is 12.3. The second kappa shape index (κ2) is 9.33. The summed E-state index contributed by atoms with van der Waals surface area (Å²) in [6.45, 7) is 6.76. The maximum absolute atomic E-state index is 12.3. The fourth-order valence-electron chi connectivity index (χ4n) is 2.43. The van der Waals surface area contributed by atoms with Gasteiger partial charge in [0.05, 0.1) is 11.6 Å². The highest BCUT2D eigenvalue weighted by molar-refractivity contribution is 6.32. The number of benzene rings is 2. The Morgan fingerprint density at radius 2 is 1.92 bits per heavy atom. The fraction of sp³-hybridized carbons (Fsp3) is 0.350. The number of carbonyl (C=O) groups excluding carboxylic acids is 1. The summed E-state index contributed by atoms with van der Waals surface area (Å²) in [6, 6.07) is 13.1. The number of ether oxygens (including phenoxy) is 2. The molecule has 0 unspecified atom stereocenters. The molecule has 0 aliphatic heterocycles. The molecule has 25 heavy (non-hydrogen) atoms. The van der Waals surface area contributed by atoms with Crippen molar-refractivity contribution in [1.82, 2.24) is 5.32 Å². The van der Waals surface area contributed by atoms with E-state index in [2.05, 4.69) is 11.4 Å². The van der Waals surface area contributed by atoms with Gasteiger partial charge in [0.2, 0.25) is 0 Å². The van der Waals surface area contributed by atoms with Crippen molar-refractivity contribution < 1.29 is 14.3 Å². The lowest BCUT2D eigenvalue weighted by atomic mass is 10.1. The third-order valence-corrected chi connectivity index (χ3v) is 4.07. The molecule has 5 heteroatoms. The first-order valence-electron chi connectivity index (χ1n) is 8.40. The maximum Gasteiger partial charge on any atom is 0.261 e. The Kier molecular flexibility index (Phi) is 7.14. The van der Waals surface area contributed by atoms with Crippen LogP contribution in [0.3, 0.4) is 0 Å². The van der Waals surface area contributed by atoms with Gasteiger partial charge in [-0.05, 0) is 44.0 Å². The first kappa shape index (κ1) is 19.1. The smallest absolute Gasteiger partial charge is 0.261 e. The van der Waals surface area contributed by atoms with Gasteiger partial charge in [0.25, 0.3) is 5.91 Å². The summed E-state index contributed by atoms with van der Waals surface area (Å²) < 4.78 is 11.4. The lowest BCUT2D eigenvalue weighted by molar-refractivity contribution is -0.128.